The molecule has 0 aliphatic rings. The molecule has 7 heteroatoms. The van der Waals surface area contributed by atoms with Gasteiger partial charge in [0.2, 0.25) is 0 Å². The number of methoxy groups -OCH3 is 1. The Morgan fingerprint density at radius 2 is 1.59 bits per heavy atom. The Labute approximate surface area is 192 Å². The van der Waals surface area contributed by atoms with E-state index in [4.69, 9.17) is 25.8 Å². The van der Waals surface area contributed by atoms with E-state index in [1.54, 1.807) is 6.92 Å². The number of hydrogen-bond acceptors (Lipinski definition) is 5. The molecule has 0 saturated heterocycles. The van der Waals surface area contributed by atoms with Crippen LogP contribution in [0.4, 0.5) is 5.69 Å². The van der Waals surface area contributed by atoms with Crippen LogP contribution >= 0.6 is 11.6 Å². The van der Waals surface area contributed by atoms with Gasteiger partial charge in [-0.15, -0.1) is 0 Å². The van der Waals surface area contributed by atoms with Crippen LogP contribution in [0.3, 0.4) is 0 Å². The fraction of sp³-hybridized carbons (Fsp3) is 0.200. The summed E-state index contributed by atoms with van der Waals surface area (Å²) in [7, 11) is 1.42. The molecule has 3 aromatic carbocycles. The standard InChI is InChI=1S/C25H24ClNO5/c1-4-31-25(29)20-13-21(26)22(14-23(20)30-3)27-24(28)15-32-19-11-9-18(10-12-19)17-7-5-16(2)6-8-17/h5-14H,4,15H2,1-3H3,(H,27,28). The quantitative estimate of drug-likeness (QED) is 0.455. The molecule has 0 radical (unpaired) electrons. The van der Waals surface area contributed by atoms with Crippen molar-refractivity contribution in [3.63, 3.8) is 0 Å². The van der Waals surface area contributed by atoms with Gasteiger partial charge in [-0.1, -0.05) is 53.6 Å². The van der Waals surface area contributed by atoms with Gasteiger partial charge in [0.05, 0.1) is 24.4 Å². The molecule has 6 nitrogen and oxygen atoms in total. The number of carbonyl (C=O) groups is 2. The van der Waals surface area contributed by atoms with Gasteiger partial charge in [0.1, 0.15) is 17.1 Å². The molecule has 0 atom stereocenters. The summed E-state index contributed by atoms with van der Waals surface area (Å²) in [6.45, 7) is 3.77. The lowest BCUT2D eigenvalue weighted by Crippen LogP contribution is -2.20. The van der Waals surface area contributed by atoms with E-state index in [2.05, 4.69) is 29.6 Å². The van der Waals surface area contributed by atoms with Gasteiger partial charge in [-0.3, -0.25) is 4.79 Å². The number of halogens is 1. The first-order valence-electron chi connectivity index (χ1n) is 10.1. The number of esters is 1. The van der Waals surface area contributed by atoms with Gasteiger partial charge < -0.3 is 19.5 Å². The maximum absolute atomic E-state index is 12.4. The summed E-state index contributed by atoms with van der Waals surface area (Å²) in [6.07, 6.45) is 0. The average molecular weight is 454 g/mol. The molecular formula is C25H24ClNO5. The molecule has 1 N–H and O–H groups in total. The lowest BCUT2D eigenvalue weighted by Gasteiger charge is -2.13. The van der Waals surface area contributed by atoms with Crippen molar-refractivity contribution in [2.45, 2.75) is 13.8 Å². The van der Waals surface area contributed by atoms with Crippen molar-refractivity contribution in [1.82, 2.24) is 0 Å². The molecule has 0 unspecified atom stereocenters. The number of nitrogens with one attached hydrogen (secondary N) is 1. The Hall–Kier alpha value is -3.51. The minimum atomic E-state index is -0.554. The number of rotatable bonds is 8. The topological polar surface area (TPSA) is 73.9 Å². The summed E-state index contributed by atoms with van der Waals surface area (Å²) in [4.78, 5) is 24.4. The predicted molar refractivity (Wildman–Crippen MR) is 125 cm³/mol. The lowest BCUT2D eigenvalue weighted by molar-refractivity contribution is -0.118. The number of benzene rings is 3. The van der Waals surface area contributed by atoms with Gasteiger partial charge in [-0.25, -0.2) is 4.79 Å². The fourth-order valence-electron chi connectivity index (χ4n) is 3.01. The van der Waals surface area contributed by atoms with Crippen molar-refractivity contribution < 1.29 is 23.8 Å². The second-order valence-corrected chi connectivity index (χ2v) is 7.39. The van der Waals surface area contributed by atoms with Gasteiger partial charge >= 0.3 is 5.97 Å². The van der Waals surface area contributed by atoms with Gasteiger partial charge in [0.15, 0.2) is 6.61 Å². The molecule has 0 saturated carbocycles. The zero-order valence-corrected chi connectivity index (χ0v) is 18.9. The SMILES string of the molecule is CCOC(=O)c1cc(Cl)c(NC(=O)COc2ccc(-c3ccc(C)cc3)cc2)cc1OC. The van der Waals surface area contributed by atoms with Gasteiger partial charge in [0, 0.05) is 6.07 Å². The van der Waals surface area contributed by atoms with Crippen LogP contribution < -0.4 is 14.8 Å². The van der Waals surface area contributed by atoms with Crippen LogP contribution in [0.15, 0.2) is 60.7 Å². The molecule has 3 aromatic rings. The zero-order chi connectivity index (χ0) is 23.1. The van der Waals surface area contributed by atoms with Crippen LogP contribution in [0.25, 0.3) is 11.1 Å². The number of ether oxygens (including phenoxy) is 3. The molecule has 0 aliphatic heterocycles. The first kappa shape index (κ1) is 23.2. The molecule has 166 valence electrons. The van der Waals surface area contributed by atoms with E-state index in [9.17, 15) is 9.59 Å². The van der Waals surface area contributed by atoms with Crippen LogP contribution in [0.2, 0.25) is 5.02 Å². The monoisotopic (exact) mass is 453 g/mol. The lowest BCUT2D eigenvalue weighted by atomic mass is 10.0. The molecule has 1 amide bonds. The van der Waals surface area contributed by atoms with E-state index in [0.717, 1.165) is 11.1 Å². The van der Waals surface area contributed by atoms with E-state index in [0.29, 0.717) is 11.4 Å². The Kier molecular flexibility index (Phi) is 7.73. The normalized spacial score (nSPS) is 10.4. The maximum Gasteiger partial charge on any atom is 0.341 e. The molecule has 3 rings (SSSR count). The van der Waals surface area contributed by atoms with E-state index in [1.807, 2.05) is 31.2 Å². The van der Waals surface area contributed by atoms with Gasteiger partial charge in [0.25, 0.3) is 5.91 Å². The predicted octanol–water partition coefficient (Wildman–Crippen LogP) is 5.52. The number of carbonyl (C=O) groups excluding carboxylic acids is 2. The maximum atomic E-state index is 12.4. The third-order valence-electron chi connectivity index (χ3n) is 4.67. The molecule has 32 heavy (non-hydrogen) atoms. The first-order chi connectivity index (χ1) is 15.4. The van der Waals surface area contributed by atoms with Gasteiger partial charge in [-0.2, -0.15) is 0 Å². The van der Waals surface area contributed by atoms with E-state index < -0.39 is 11.9 Å². The van der Waals surface area contributed by atoms with Crippen LogP contribution in [-0.2, 0) is 9.53 Å². The third kappa shape index (κ3) is 5.80. The summed E-state index contributed by atoms with van der Waals surface area (Å²) >= 11 is 6.23. The van der Waals surface area contributed by atoms with Crippen molar-refractivity contribution in [2.24, 2.45) is 0 Å². The number of amides is 1. The summed E-state index contributed by atoms with van der Waals surface area (Å²) < 4.78 is 15.8. The van der Waals surface area contributed by atoms with Crippen LogP contribution in [-0.4, -0.2) is 32.2 Å². The molecule has 0 spiro atoms. The van der Waals surface area contributed by atoms with Crippen molar-refractivity contribution in [2.75, 3.05) is 25.6 Å². The summed E-state index contributed by atoms with van der Waals surface area (Å²) in [6, 6.07) is 18.6. The summed E-state index contributed by atoms with van der Waals surface area (Å²) in [5.74, 6) is -0.143. The van der Waals surface area contributed by atoms with Crippen molar-refractivity contribution in [1.29, 1.82) is 0 Å². The molecule has 0 aromatic heterocycles. The number of anilines is 1. The highest BCUT2D eigenvalue weighted by Gasteiger charge is 2.18. The highest BCUT2D eigenvalue weighted by Crippen LogP contribution is 2.31. The Morgan fingerprint density at radius 1 is 0.969 bits per heavy atom. The third-order valence-corrected chi connectivity index (χ3v) is 4.98. The highest BCUT2D eigenvalue weighted by atomic mass is 35.5. The molecule has 0 aliphatic carbocycles. The second kappa shape index (κ2) is 10.7. The van der Waals surface area contributed by atoms with Crippen molar-refractivity contribution in [3.8, 4) is 22.6 Å². The smallest absolute Gasteiger partial charge is 0.341 e. The van der Waals surface area contributed by atoms with Crippen molar-refractivity contribution in [3.05, 3.63) is 76.8 Å². The van der Waals surface area contributed by atoms with E-state index in [-0.39, 0.29) is 29.5 Å². The van der Waals surface area contributed by atoms with Crippen LogP contribution in [0.1, 0.15) is 22.8 Å². The Bertz CT molecular complexity index is 1090. The Morgan fingerprint density at radius 3 is 2.19 bits per heavy atom. The number of aryl methyl sites for hydroxylation is 1. The second-order valence-electron chi connectivity index (χ2n) is 6.98. The van der Waals surface area contributed by atoms with E-state index in [1.165, 1.54) is 24.8 Å². The number of hydrogen-bond donors (Lipinski definition) is 1. The minimum Gasteiger partial charge on any atom is -0.496 e. The molecule has 0 bridgehead atoms. The summed E-state index contributed by atoms with van der Waals surface area (Å²) in [5.41, 5.74) is 3.85. The van der Waals surface area contributed by atoms with Crippen LogP contribution in [0, 0.1) is 6.92 Å². The fourth-order valence-corrected chi connectivity index (χ4v) is 3.22. The molecule has 0 fully saturated rings. The summed E-state index contributed by atoms with van der Waals surface area (Å²) in [5, 5.41) is 2.85. The van der Waals surface area contributed by atoms with Crippen molar-refractivity contribution >= 4 is 29.2 Å². The minimum absolute atomic E-state index is 0.183. The van der Waals surface area contributed by atoms with E-state index >= 15 is 0 Å². The zero-order valence-electron chi connectivity index (χ0n) is 18.1. The average Bonchev–Trinajstić information content (AvgIpc) is 2.80. The molecular weight excluding hydrogens is 430 g/mol. The van der Waals surface area contributed by atoms with Crippen LogP contribution in [0.5, 0.6) is 11.5 Å². The molecule has 0 heterocycles. The largest absolute Gasteiger partial charge is 0.496 e. The first-order valence-corrected chi connectivity index (χ1v) is 10.4. The highest BCUT2D eigenvalue weighted by molar-refractivity contribution is 6.34. The Balaban J connectivity index is 1.62. The van der Waals surface area contributed by atoms with Gasteiger partial charge in [-0.05, 0) is 43.2 Å².